The summed E-state index contributed by atoms with van der Waals surface area (Å²) in [6, 6.07) is 0.435. The molecule has 0 aromatic rings. The molecule has 2 heteroatoms. The van der Waals surface area contributed by atoms with Crippen molar-refractivity contribution in [3.63, 3.8) is 0 Å². The Morgan fingerprint density at radius 3 is 3.09 bits per heavy atom. The molecule has 1 aliphatic heterocycles. The van der Waals surface area contributed by atoms with Crippen molar-refractivity contribution in [1.29, 1.82) is 0 Å². The van der Waals surface area contributed by atoms with Gasteiger partial charge in [0, 0.05) is 12.5 Å². The first-order valence-electron chi connectivity index (χ1n) is 4.23. The lowest BCUT2D eigenvalue weighted by molar-refractivity contribution is -0.126. The van der Waals surface area contributed by atoms with Crippen molar-refractivity contribution < 1.29 is 4.79 Å². The molecule has 0 N–H and O–H groups in total. The van der Waals surface area contributed by atoms with Crippen LogP contribution in [0.15, 0.2) is 12.8 Å². The molecule has 0 saturated carbocycles. The van der Waals surface area contributed by atoms with Crippen LogP contribution in [-0.2, 0) is 4.79 Å². The van der Waals surface area contributed by atoms with Gasteiger partial charge in [0.25, 0.3) is 0 Å². The molecule has 0 aliphatic carbocycles. The van der Waals surface area contributed by atoms with E-state index < -0.39 is 0 Å². The standard InChI is InChI=1S/C9H15NO/c1-3-5-8-6-7-9(11)10(8)4-2/h4,8H,2-3,5-7H2,1H3. The molecule has 11 heavy (non-hydrogen) atoms. The SMILES string of the molecule is C=CN1C(=O)CCC1CCC. The van der Waals surface area contributed by atoms with Crippen molar-refractivity contribution in [1.82, 2.24) is 4.90 Å². The van der Waals surface area contributed by atoms with Crippen LogP contribution < -0.4 is 0 Å². The van der Waals surface area contributed by atoms with Crippen LogP contribution in [0.1, 0.15) is 32.6 Å². The summed E-state index contributed by atoms with van der Waals surface area (Å²) in [6.07, 6.45) is 5.63. The van der Waals surface area contributed by atoms with E-state index in [1.807, 2.05) is 0 Å². The molecular weight excluding hydrogens is 138 g/mol. The highest BCUT2D eigenvalue weighted by molar-refractivity contribution is 5.79. The van der Waals surface area contributed by atoms with Gasteiger partial charge in [0.2, 0.25) is 5.91 Å². The van der Waals surface area contributed by atoms with Gasteiger partial charge in [-0.15, -0.1) is 0 Å². The van der Waals surface area contributed by atoms with Crippen molar-refractivity contribution >= 4 is 5.91 Å². The normalized spacial score (nSPS) is 24.3. The number of hydrogen-bond donors (Lipinski definition) is 0. The number of nitrogens with zero attached hydrogens (tertiary/aromatic N) is 1. The van der Waals surface area contributed by atoms with Crippen molar-refractivity contribution in [3.05, 3.63) is 12.8 Å². The van der Waals surface area contributed by atoms with E-state index in [1.54, 1.807) is 11.1 Å². The molecular formula is C9H15NO. The molecule has 1 aliphatic rings. The predicted molar refractivity (Wildman–Crippen MR) is 45.0 cm³/mol. The van der Waals surface area contributed by atoms with E-state index in [1.165, 1.54) is 0 Å². The van der Waals surface area contributed by atoms with E-state index in [4.69, 9.17) is 0 Å². The van der Waals surface area contributed by atoms with Gasteiger partial charge in [-0.2, -0.15) is 0 Å². The van der Waals surface area contributed by atoms with Crippen LogP contribution in [0.3, 0.4) is 0 Å². The molecule has 1 fully saturated rings. The van der Waals surface area contributed by atoms with Gasteiger partial charge >= 0.3 is 0 Å². The molecule has 62 valence electrons. The third kappa shape index (κ3) is 1.62. The maximum Gasteiger partial charge on any atom is 0.226 e. The fraction of sp³-hybridized carbons (Fsp3) is 0.667. The minimum absolute atomic E-state index is 0.235. The maximum absolute atomic E-state index is 11.1. The lowest BCUT2D eigenvalue weighted by Crippen LogP contribution is -2.26. The number of hydrogen-bond acceptors (Lipinski definition) is 1. The number of amides is 1. The first-order valence-corrected chi connectivity index (χ1v) is 4.23. The van der Waals surface area contributed by atoms with Gasteiger partial charge in [-0.25, -0.2) is 0 Å². The summed E-state index contributed by atoms with van der Waals surface area (Å²) in [7, 11) is 0. The maximum atomic E-state index is 11.1. The fourth-order valence-electron chi connectivity index (χ4n) is 1.63. The number of carbonyl (C=O) groups is 1. The highest BCUT2D eigenvalue weighted by atomic mass is 16.2. The third-order valence-electron chi connectivity index (χ3n) is 2.19. The summed E-state index contributed by atoms with van der Waals surface area (Å²) in [5, 5.41) is 0. The summed E-state index contributed by atoms with van der Waals surface area (Å²) in [5.41, 5.74) is 0. The van der Waals surface area contributed by atoms with E-state index in [9.17, 15) is 4.79 Å². The number of carbonyl (C=O) groups excluding carboxylic acids is 1. The van der Waals surface area contributed by atoms with Crippen LogP contribution in [0.5, 0.6) is 0 Å². The third-order valence-corrected chi connectivity index (χ3v) is 2.19. The van der Waals surface area contributed by atoms with Gasteiger partial charge in [0.05, 0.1) is 0 Å². The average molecular weight is 153 g/mol. The van der Waals surface area contributed by atoms with Gasteiger partial charge in [0.15, 0.2) is 0 Å². The van der Waals surface area contributed by atoms with E-state index in [2.05, 4.69) is 13.5 Å². The molecule has 1 atom stereocenters. The lowest BCUT2D eigenvalue weighted by Gasteiger charge is -2.19. The lowest BCUT2D eigenvalue weighted by atomic mass is 10.1. The first-order chi connectivity index (χ1) is 5.29. The van der Waals surface area contributed by atoms with Crippen LogP contribution in [0, 0.1) is 0 Å². The van der Waals surface area contributed by atoms with Crippen LogP contribution in [0.4, 0.5) is 0 Å². The van der Waals surface area contributed by atoms with Crippen molar-refractivity contribution in [3.8, 4) is 0 Å². The van der Waals surface area contributed by atoms with E-state index in [0.29, 0.717) is 12.5 Å². The van der Waals surface area contributed by atoms with Crippen LogP contribution >= 0.6 is 0 Å². The molecule has 0 aromatic heterocycles. The highest BCUT2D eigenvalue weighted by Gasteiger charge is 2.27. The molecule has 1 unspecified atom stereocenters. The van der Waals surface area contributed by atoms with Gasteiger partial charge < -0.3 is 4.90 Å². The summed E-state index contributed by atoms with van der Waals surface area (Å²) < 4.78 is 0. The number of rotatable bonds is 3. The summed E-state index contributed by atoms with van der Waals surface area (Å²) in [5.74, 6) is 0.235. The molecule has 1 amide bonds. The minimum atomic E-state index is 0.235. The molecule has 0 aromatic carbocycles. The molecule has 2 nitrogen and oxygen atoms in total. The van der Waals surface area contributed by atoms with E-state index in [0.717, 1.165) is 19.3 Å². The van der Waals surface area contributed by atoms with Crippen LogP contribution in [-0.4, -0.2) is 16.8 Å². The zero-order valence-corrected chi connectivity index (χ0v) is 7.05. The average Bonchev–Trinajstić information content (AvgIpc) is 2.33. The second-order valence-corrected chi connectivity index (χ2v) is 2.96. The second kappa shape index (κ2) is 3.56. The van der Waals surface area contributed by atoms with Gasteiger partial charge in [-0.05, 0) is 19.0 Å². The van der Waals surface area contributed by atoms with E-state index in [-0.39, 0.29) is 5.91 Å². The Morgan fingerprint density at radius 2 is 2.55 bits per heavy atom. The summed E-state index contributed by atoms with van der Waals surface area (Å²) >= 11 is 0. The van der Waals surface area contributed by atoms with Crippen LogP contribution in [0.2, 0.25) is 0 Å². The molecule has 0 spiro atoms. The summed E-state index contributed by atoms with van der Waals surface area (Å²) in [6.45, 7) is 5.77. The Labute approximate surface area is 67.9 Å². The van der Waals surface area contributed by atoms with Crippen LogP contribution in [0.25, 0.3) is 0 Å². The Morgan fingerprint density at radius 1 is 1.82 bits per heavy atom. The van der Waals surface area contributed by atoms with Crippen molar-refractivity contribution in [2.45, 2.75) is 38.6 Å². The predicted octanol–water partition coefficient (Wildman–Crippen LogP) is 1.92. The Balaban J connectivity index is 2.53. The van der Waals surface area contributed by atoms with Gasteiger partial charge in [-0.1, -0.05) is 19.9 Å². The molecule has 1 rings (SSSR count). The first kappa shape index (κ1) is 8.31. The highest BCUT2D eigenvalue weighted by Crippen LogP contribution is 2.22. The fourth-order valence-corrected chi connectivity index (χ4v) is 1.63. The quantitative estimate of drug-likeness (QED) is 0.606. The zero-order valence-electron chi connectivity index (χ0n) is 7.05. The largest absolute Gasteiger partial charge is 0.317 e. The molecule has 0 bridgehead atoms. The molecule has 0 radical (unpaired) electrons. The minimum Gasteiger partial charge on any atom is -0.317 e. The Hall–Kier alpha value is -0.790. The number of likely N-dealkylation sites (tertiary alicyclic amines) is 1. The molecule has 1 saturated heterocycles. The second-order valence-electron chi connectivity index (χ2n) is 2.96. The summed E-state index contributed by atoms with van der Waals surface area (Å²) in [4.78, 5) is 12.9. The monoisotopic (exact) mass is 153 g/mol. The van der Waals surface area contributed by atoms with E-state index >= 15 is 0 Å². The van der Waals surface area contributed by atoms with Crippen molar-refractivity contribution in [2.75, 3.05) is 0 Å². The Bertz CT molecular complexity index is 165. The van der Waals surface area contributed by atoms with Gasteiger partial charge in [-0.3, -0.25) is 4.79 Å². The zero-order chi connectivity index (χ0) is 8.27. The van der Waals surface area contributed by atoms with Crippen molar-refractivity contribution in [2.24, 2.45) is 0 Å². The molecule has 1 heterocycles. The smallest absolute Gasteiger partial charge is 0.226 e. The Kier molecular flexibility index (Phi) is 2.69. The van der Waals surface area contributed by atoms with Gasteiger partial charge in [0.1, 0.15) is 0 Å². The topological polar surface area (TPSA) is 20.3 Å².